The lowest BCUT2D eigenvalue weighted by molar-refractivity contribution is -0.121. The van der Waals surface area contributed by atoms with Crippen molar-refractivity contribution in [1.29, 1.82) is 0 Å². The van der Waals surface area contributed by atoms with E-state index in [2.05, 4.69) is 19.2 Å². The third kappa shape index (κ3) is 6.38. The molecule has 0 radical (unpaired) electrons. The molecular weight excluding hydrogens is 222 g/mol. The molecule has 0 bridgehead atoms. The van der Waals surface area contributed by atoms with Gasteiger partial charge in [-0.2, -0.15) is 11.8 Å². The van der Waals surface area contributed by atoms with E-state index < -0.39 is 0 Å². The number of hydrogen-bond donors (Lipinski definition) is 1. The summed E-state index contributed by atoms with van der Waals surface area (Å²) in [4.78, 5) is 11.4. The third-order valence-corrected chi connectivity index (χ3v) is 3.92. The molecule has 0 aromatic heterocycles. The van der Waals surface area contributed by atoms with Gasteiger partial charge in [0.25, 0.3) is 0 Å². The van der Waals surface area contributed by atoms with E-state index in [1.165, 1.54) is 0 Å². The van der Waals surface area contributed by atoms with E-state index in [1.54, 1.807) is 0 Å². The summed E-state index contributed by atoms with van der Waals surface area (Å²) < 4.78 is 5.30. The van der Waals surface area contributed by atoms with Gasteiger partial charge in [0.1, 0.15) is 0 Å². The predicted molar refractivity (Wildman–Crippen MR) is 68.8 cm³/mol. The second kappa shape index (κ2) is 7.96. The van der Waals surface area contributed by atoms with E-state index in [-0.39, 0.29) is 5.91 Å². The fraction of sp³-hybridized carbons (Fsp3) is 0.917. The highest BCUT2D eigenvalue weighted by atomic mass is 32.2. The van der Waals surface area contributed by atoms with Crippen LogP contribution in [0.2, 0.25) is 0 Å². The van der Waals surface area contributed by atoms with Crippen LogP contribution >= 0.6 is 11.8 Å². The van der Waals surface area contributed by atoms with Crippen molar-refractivity contribution in [1.82, 2.24) is 5.32 Å². The highest BCUT2D eigenvalue weighted by Crippen LogP contribution is 2.21. The van der Waals surface area contributed by atoms with E-state index in [9.17, 15) is 4.79 Å². The molecule has 1 rings (SSSR count). The Balaban J connectivity index is 1.96. The topological polar surface area (TPSA) is 38.3 Å². The van der Waals surface area contributed by atoms with Crippen LogP contribution in [0.4, 0.5) is 0 Å². The van der Waals surface area contributed by atoms with Gasteiger partial charge in [0.15, 0.2) is 0 Å². The Labute approximate surface area is 103 Å². The highest BCUT2D eigenvalue weighted by Gasteiger charge is 2.13. The number of carbonyl (C=O) groups excluding carboxylic acids is 1. The van der Waals surface area contributed by atoms with Crippen LogP contribution in [0.15, 0.2) is 0 Å². The number of hydrogen-bond acceptors (Lipinski definition) is 3. The van der Waals surface area contributed by atoms with Crippen molar-refractivity contribution >= 4 is 17.7 Å². The summed E-state index contributed by atoms with van der Waals surface area (Å²) in [5.74, 6) is 1.65. The average Bonchev–Trinajstić information content (AvgIpc) is 2.25. The maximum Gasteiger partial charge on any atom is 0.220 e. The Morgan fingerprint density at radius 2 is 2.12 bits per heavy atom. The number of nitrogens with one attached hydrogen (secondary N) is 1. The van der Waals surface area contributed by atoms with Gasteiger partial charge in [-0.3, -0.25) is 4.79 Å². The van der Waals surface area contributed by atoms with Crippen LogP contribution in [-0.4, -0.2) is 36.7 Å². The molecule has 1 fully saturated rings. The fourth-order valence-electron chi connectivity index (χ4n) is 1.70. The van der Waals surface area contributed by atoms with Crippen LogP contribution in [0.3, 0.4) is 0 Å². The fourth-order valence-corrected chi connectivity index (χ4v) is 2.78. The van der Waals surface area contributed by atoms with Crippen molar-refractivity contribution in [3.05, 3.63) is 0 Å². The van der Waals surface area contributed by atoms with E-state index >= 15 is 0 Å². The van der Waals surface area contributed by atoms with Crippen LogP contribution in [0.25, 0.3) is 0 Å². The number of ether oxygens (including phenoxy) is 1. The van der Waals surface area contributed by atoms with Crippen LogP contribution in [0.1, 0.15) is 33.1 Å². The van der Waals surface area contributed by atoms with Gasteiger partial charge < -0.3 is 10.1 Å². The molecule has 0 saturated carbocycles. The molecule has 3 nitrogen and oxygen atoms in total. The first-order valence-electron chi connectivity index (χ1n) is 6.14. The molecular formula is C12H23NO2S. The molecule has 1 aliphatic heterocycles. The van der Waals surface area contributed by atoms with Gasteiger partial charge in [-0.15, -0.1) is 0 Å². The van der Waals surface area contributed by atoms with Crippen LogP contribution in [0, 0.1) is 5.92 Å². The lowest BCUT2D eigenvalue weighted by Gasteiger charge is -2.21. The molecule has 0 aromatic carbocycles. The lowest BCUT2D eigenvalue weighted by Crippen LogP contribution is -2.27. The smallest absolute Gasteiger partial charge is 0.220 e. The van der Waals surface area contributed by atoms with Crippen molar-refractivity contribution in [3.8, 4) is 0 Å². The summed E-state index contributed by atoms with van der Waals surface area (Å²) in [6, 6.07) is 0. The van der Waals surface area contributed by atoms with E-state index in [4.69, 9.17) is 4.74 Å². The number of amides is 1. The average molecular weight is 245 g/mol. The Kier molecular flexibility index (Phi) is 6.88. The van der Waals surface area contributed by atoms with Gasteiger partial charge in [0, 0.05) is 37.2 Å². The number of rotatable bonds is 6. The quantitative estimate of drug-likeness (QED) is 0.728. The molecule has 0 aliphatic carbocycles. The lowest BCUT2D eigenvalue weighted by atomic mass is 10.1. The monoisotopic (exact) mass is 245 g/mol. The molecule has 94 valence electrons. The molecule has 1 saturated heterocycles. The number of thioether (sulfide) groups is 1. The maximum atomic E-state index is 11.4. The second-order valence-electron chi connectivity index (χ2n) is 4.63. The minimum absolute atomic E-state index is 0.183. The first kappa shape index (κ1) is 13.8. The SMILES string of the molecule is CC(C)CC(=O)NCCSC1CCOCC1. The van der Waals surface area contributed by atoms with Gasteiger partial charge in [0.2, 0.25) is 5.91 Å². The largest absolute Gasteiger partial charge is 0.381 e. The van der Waals surface area contributed by atoms with E-state index in [0.717, 1.165) is 43.6 Å². The summed E-state index contributed by atoms with van der Waals surface area (Å²) in [6.07, 6.45) is 2.96. The third-order valence-electron chi connectivity index (χ3n) is 2.54. The van der Waals surface area contributed by atoms with Gasteiger partial charge in [0.05, 0.1) is 0 Å². The van der Waals surface area contributed by atoms with E-state index in [1.807, 2.05) is 11.8 Å². The molecule has 1 heterocycles. The van der Waals surface area contributed by atoms with Crippen molar-refractivity contribution in [2.24, 2.45) is 5.92 Å². The predicted octanol–water partition coefficient (Wildman–Crippen LogP) is 2.06. The minimum atomic E-state index is 0.183. The summed E-state index contributed by atoms with van der Waals surface area (Å²) in [5, 5.41) is 3.69. The van der Waals surface area contributed by atoms with Crippen molar-refractivity contribution in [3.63, 3.8) is 0 Å². The molecule has 1 amide bonds. The first-order valence-corrected chi connectivity index (χ1v) is 7.19. The summed E-state index contributed by atoms with van der Waals surface area (Å²) in [6.45, 7) is 6.73. The molecule has 0 spiro atoms. The van der Waals surface area contributed by atoms with Gasteiger partial charge in [-0.05, 0) is 18.8 Å². The maximum absolute atomic E-state index is 11.4. The highest BCUT2D eigenvalue weighted by molar-refractivity contribution is 7.99. The van der Waals surface area contributed by atoms with Crippen molar-refractivity contribution in [2.75, 3.05) is 25.5 Å². The summed E-state index contributed by atoms with van der Waals surface area (Å²) in [7, 11) is 0. The van der Waals surface area contributed by atoms with Crippen LogP contribution in [-0.2, 0) is 9.53 Å². The Morgan fingerprint density at radius 3 is 2.75 bits per heavy atom. The molecule has 1 aliphatic rings. The molecule has 0 atom stereocenters. The zero-order valence-corrected chi connectivity index (χ0v) is 11.1. The van der Waals surface area contributed by atoms with Gasteiger partial charge >= 0.3 is 0 Å². The zero-order valence-electron chi connectivity index (χ0n) is 10.3. The Bertz CT molecular complexity index is 203. The molecule has 16 heavy (non-hydrogen) atoms. The Morgan fingerprint density at radius 1 is 1.44 bits per heavy atom. The van der Waals surface area contributed by atoms with Crippen LogP contribution < -0.4 is 5.32 Å². The first-order chi connectivity index (χ1) is 7.68. The molecule has 1 N–H and O–H groups in total. The van der Waals surface area contributed by atoms with Gasteiger partial charge in [-0.1, -0.05) is 13.8 Å². The molecule has 0 unspecified atom stereocenters. The Hall–Kier alpha value is -0.220. The van der Waals surface area contributed by atoms with Crippen molar-refractivity contribution in [2.45, 2.75) is 38.4 Å². The zero-order chi connectivity index (χ0) is 11.8. The minimum Gasteiger partial charge on any atom is -0.381 e. The number of carbonyl (C=O) groups is 1. The van der Waals surface area contributed by atoms with Gasteiger partial charge in [-0.25, -0.2) is 0 Å². The molecule has 0 aromatic rings. The summed E-state index contributed by atoms with van der Waals surface area (Å²) in [5.41, 5.74) is 0. The van der Waals surface area contributed by atoms with E-state index in [0.29, 0.717) is 12.3 Å². The standard InChI is InChI=1S/C12H23NO2S/c1-10(2)9-12(14)13-5-8-16-11-3-6-15-7-4-11/h10-11H,3-9H2,1-2H3,(H,13,14). The summed E-state index contributed by atoms with van der Waals surface area (Å²) >= 11 is 1.96. The normalized spacial score (nSPS) is 17.7. The second-order valence-corrected chi connectivity index (χ2v) is 6.04. The van der Waals surface area contributed by atoms with Crippen molar-refractivity contribution < 1.29 is 9.53 Å². The van der Waals surface area contributed by atoms with Crippen LogP contribution in [0.5, 0.6) is 0 Å². The molecule has 4 heteroatoms.